The Morgan fingerprint density at radius 1 is 1.38 bits per heavy atom. The minimum absolute atomic E-state index is 0.706. The molecule has 92 valence electrons. The van der Waals surface area contributed by atoms with Crippen LogP contribution >= 0.6 is 0 Å². The van der Waals surface area contributed by atoms with Crippen molar-refractivity contribution in [1.82, 2.24) is 0 Å². The number of allylic oxidation sites excluding steroid dienone is 4. The van der Waals surface area contributed by atoms with Crippen LogP contribution in [-0.2, 0) is 4.74 Å². The molecule has 1 nitrogen and oxygen atoms in total. The Hall–Kier alpha value is -0.980. The molecule has 0 aromatic rings. The lowest BCUT2D eigenvalue weighted by Crippen LogP contribution is -1.94. The fourth-order valence-electron chi connectivity index (χ4n) is 1.26. The van der Waals surface area contributed by atoms with Crippen molar-refractivity contribution >= 4 is 0 Å². The van der Waals surface area contributed by atoms with Gasteiger partial charge in [0.15, 0.2) is 0 Å². The molecule has 16 heavy (non-hydrogen) atoms. The second-order valence-corrected chi connectivity index (χ2v) is 4.49. The van der Waals surface area contributed by atoms with E-state index in [1.54, 1.807) is 6.08 Å². The van der Waals surface area contributed by atoms with E-state index in [1.165, 1.54) is 0 Å². The molecule has 0 aromatic heterocycles. The van der Waals surface area contributed by atoms with Crippen LogP contribution in [0.1, 0.15) is 47.0 Å². The Morgan fingerprint density at radius 3 is 2.56 bits per heavy atom. The smallest absolute Gasteiger partial charge is 0.121 e. The molecule has 0 aromatic carbocycles. The summed E-state index contributed by atoms with van der Waals surface area (Å²) in [5.41, 5.74) is 1.16. The number of ether oxygens (including phenoxy) is 1. The first-order chi connectivity index (χ1) is 7.61. The van der Waals surface area contributed by atoms with Crippen molar-refractivity contribution in [3.05, 3.63) is 36.1 Å². The van der Waals surface area contributed by atoms with Crippen LogP contribution in [0.25, 0.3) is 0 Å². The van der Waals surface area contributed by atoms with Crippen molar-refractivity contribution in [1.29, 1.82) is 0 Å². The molecule has 0 fully saturated rings. The van der Waals surface area contributed by atoms with Gasteiger partial charge in [-0.25, -0.2) is 0 Å². The molecule has 0 atom stereocenters. The summed E-state index contributed by atoms with van der Waals surface area (Å²) in [7, 11) is 0. The van der Waals surface area contributed by atoms with Gasteiger partial charge in [-0.1, -0.05) is 45.9 Å². The number of hydrogen-bond acceptors (Lipinski definition) is 1. The fourth-order valence-corrected chi connectivity index (χ4v) is 1.26. The van der Waals surface area contributed by atoms with Gasteiger partial charge in [0.1, 0.15) is 5.76 Å². The van der Waals surface area contributed by atoms with Gasteiger partial charge in [-0.15, -0.1) is 0 Å². The lowest BCUT2D eigenvalue weighted by Gasteiger charge is -2.08. The van der Waals surface area contributed by atoms with E-state index in [-0.39, 0.29) is 0 Å². The van der Waals surface area contributed by atoms with Gasteiger partial charge in [0.2, 0.25) is 0 Å². The van der Waals surface area contributed by atoms with Gasteiger partial charge >= 0.3 is 0 Å². The van der Waals surface area contributed by atoms with E-state index in [0.717, 1.165) is 37.2 Å². The first-order valence-corrected chi connectivity index (χ1v) is 6.24. The molecule has 0 bridgehead atoms. The number of rotatable bonds is 8. The zero-order valence-electron chi connectivity index (χ0n) is 11.3. The summed E-state index contributed by atoms with van der Waals surface area (Å²) in [5, 5.41) is 0. The summed E-state index contributed by atoms with van der Waals surface area (Å²) in [4.78, 5) is 0. The average Bonchev–Trinajstić information content (AvgIpc) is 2.23. The Kier molecular flexibility index (Phi) is 8.69. The van der Waals surface area contributed by atoms with E-state index < -0.39 is 0 Å². The van der Waals surface area contributed by atoms with Crippen LogP contribution in [0.3, 0.4) is 0 Å². The van der Waals surface area contributed by atoms with E-state index in [4.69, 9.17) is 4.74 Å². The highest BCUT2D eigenvalue weighted by atomic mass is 16.5. The van der Waals surface area contributed by atoms with Crippen LogP contribution in [0.5, 0.6) is 0 Å². The Bertz CT molecular complexity index is 246. The summed E-state index contributed by atoms with van der Waals surface area (Å²) in [6, 6.07) is 0. The highest BCUT2D eigenvalue weighted by Crippen LogP contribution is 2.11. The van der Waals surface area contributed by atoms with Gasteiger partial charge in [-0.05, 0) is 37.3 Å². The Labute approximate surface area is 101 Å². The van der Waals surface area contributed by atoms with Gasteiger partial charge in [0.25, 0.3) is 0 Å². The van der Waals surface area contributed by atoms with E-state index in [1.807, 2.05) is 0 Å². The Morgan fingerprint density at radius 2 is 2.06 bits per heavy atom. The predicted octanol–water partition coefficient (Wildman–Crippen LogP) is 4.87. The summed E-state index contributed by atoms with van der Waals surface area (Å²) in [6.45, 7) is 13.2. The number of hydrogen-bond donors (Lipinski definition) is 0. The van der Waals surface area contributed by atoms with Crippen molar-refractivity contribution in [2.75, 3.05) is 6.61 Å². The van der Waals surface area contributed by atoms with Crippen molar-refractivity contribution in [3.8, 4) is 0 Å². The topological polar surface area (TPSA) is 9.23 Å². The van der Waals surface area contributed by atoms with E-state index in [0.29, 0.717) is 5.92 Å². The van der Waals surface area contributed by atoms with Crippen LogP contribution in [-0.4, -0.2) is 6.61 Å². The van der Waals surface area contributed by atoms with Gasteiger partial charge in [-0.3, -0.25) is 0 Å². The molecule has 0 radical (unpaired) electrons. The molecular weight excluding hydrogens is 196 g/mol. The third-order valence-corrected chi connectivity index (χ3v) is 2.30. The molecule has 0 saturated heterocycles. The molecule has 0 amide bonds. The summed E-state index contributed by atoms with van der Waals surface area (Å²) < 4.78 is 5.66. The highest BCUT2D eigenvalue weighted by Gasteiger charge is 1.97. The molecule has 0 aliphatic heterocycles. The van der Waals surface area contributed by atoms with Gasteiger partial charge in [-0.2, -0.15) is 0 Å². The summed E-state index contributed by atoms with van der Waals surface area (Å²) in [6.07, 6.45) is 9.49. The summed E-state index contributed by atoms with van der Waals surface area (Å²) in [5.74, 6) is 1.62. The monoisotopic (exact) mass is 222 g/mol. The first kappa shape index (κ1) is 15.0. The standard InChI is InChI=1S/C15H26O/c1-6-8-12-16-15(7-2)14(5)11-9-10-13(3)4/h7,9,11,13H,2,6,8,10,12H2,1,3-5H3/b11-9-,15-14+. The molecule has 0 spiro atoms. The van der Waals surface area contributed by atoms with E-state index in [2.05, 4.69) is 46.4 Å². The van der Waals surface area contributed by atoms with Crippen LogP contribution < -0.4 is 0 Å². The first-order valence-electron chi connectivity index (χ1n) is 6.24. The predicted molar refractivity (Wildman–Crippen MR) is 72.4 cm³/mol. The maximum Gasteiger partial charge on any atom is 0.121 e. The molecule has 0 unspecified atom stereocenters. The molecule has 0 aliphatic carbocycles. The van der Waals surface area contributed by atoms with Crippen molar-refractivity contribution in [3.63, 3.8) is 0 Å². The molecule has 0 N–H and O–H groups in total. The highest BCUT2D eigenvalue weighted by molar-refractivity contribution is 5.26. The van der Waals surface area contributed by atoms with E-state index in [9.17, 15) is 0 Å². The van der Waals surface area contributed by atoms with Crippen LogP contribution in [0.15, 0.2) is 36.1 Å². The maximum atomic E-state index is 5.66. The number of unbranched alkanes of at least 4 members (excludes halogenated alkanes) is 1. The summed E-state index contributed by atoms with van der Waals surface area (Å²) >= 11 is 0. The zero-order chi connectivity index (χ0) is 12.4. The average molecular weight is 222 g/mol. The molecule has 0 aliphatic rings. The largest absolute Gasteiger partial charge is 0.493 e. The van der Waals surface area contributed by atoms with Gasteiger partial charge in [0.05, 0.1) is 6.61 Å². The third-order valence-electron chi connectivity index (χ3n) is 2.30. The third kappa shape index (κ3) is 7.33. The van der Waals surface area contributed by atoms with Crippen LogP contribution in [0.2, 0.25) is 0 Å². The lowest BCUT2D eigenvalue weighted by molar-refractivity contribution is 0.217. The maximum absolute atomic E-state index is 5.66. The minimum Gasteiger partial charge on any atom is -0.493 e. The van der Waals surface area contributed by atoms with E-state index >= 15 is 0 Å². The van der Waals surface area contributed by atoms with Gasteiger partial charge < -0.3 is 4.74 Å². The minimum atomic E-state index is 0.706. The van der Waals surface area contributed by atoms with Crippen LogP contribution in [0.4, 0.5) is 0 Å². The normalized spacial score (nSPS) is 13.1. The van der Waals surface area contributed by atoms with Gasteiger partial charge in [0, 0.05) is 0 Å². The van der Waals surface area contributed by atoms with Crippen molar-refractivity contribution in [2.45, 2.75) is 47.0 Å². The molecule has 1 heteroatoms. The SMILES string of the molecule is C=C/C(OCCCC)=C(C)\C=C/CC(C)C. The van der Waals surface area contributed by atoms with Crippen LogP contribution in [0, 0.1) is 5.92 Å². The molecule has 0 saturated carbocycles. The molecule has 0 rings (SSSR count). The fraction of sp³-hybridized carbons (Fsp3) is 0.600. The molecular formula is C15H26O. The zero-order valence-corrected chi connectivity index (χ0v) is 11.3. The second-order valence-electron chi connectivity index (χ2n) is 4.49. The van der Waals surface area contributed by atoms with Crippen molar-refractivity contribution in [2.24, 2.45) is 5.92 Å². The Balaban J connectivity index is 4.25. The molecule has 0 heterocycles. The second kappa shape index (κ2) is 9.26. The lowest BCUT2D eigenvalue weighted by atomic mass is 10.1. The quantitative estimate of drug-likeness (QED) is 0.323. The van der Waals surface area contributed by atoms with Crippen molar-refractivity contribution < 1.29 is 4.74 Å².